The highest BCUT2D eigenvalue weighted by atomic mass is 16.5. The molecule has 3 N–H and O–H groups in total. The molecule has 1 fully saturated rings. The highest BCUT2D eigenvalue weighted by molar-refractivity contribution is 5.86. The van der Waals surface area contributed by atoms with Crippen molar-refractivity contribution in [1.29, 1.82) is 0 Å². The van der Waals surface area contributed by atoms with Crippen LogP contribution in [0.5, 0.6) is 0 Å². The first-order chi connectivity index (χ1) is 9.01. The van der Waals surface area contributed by atoms with Gasteiger partial charge in [0.1, 0.15) is 17.8 Å². The van der Waals surface area contributed by atoms with Gasteiger partial charge in [0, 0.05) is 12.6 Å². The maximum Gasteiger partial charge on any atom is 0.146 e. The van der Waals surface area contributed by atoms with Gasteiger partial charge < -0.3 is 20.1 Å². The third-order valence-corrected chi connectivity index (χ3v) is 3.88. The van der Waals surface area contributed by atoms with Gasteiger partial charge in [0.15, 0.2) is 0 Å². The Morgan fingerprint density at radius 1 is 1.58 bits per heavy atom. The third kappa shape index (κ3) is 1.87. The lowest BCUT2D eigenvalue weighted by Gasteiger charge is -2.25. The second-order valence-corrected chi connectivity index (χ2v) is 5.47. The number of aliphatic hydroxyl groups is 1. The predicted molar refractivity (Wildman–Crippen MR) is 71.6 cm³/mol. The summed E-state index contributed by atoms with van der Waals surface area (Å²) in [6.45, 7) is 4.41. The van der Waals surface area contributed by atoms with Crippen LogP contribution in [0.1, 0.15) is 20.3 Å². The number of nitrogen functional groups attached to an aromatic ring is 1. The number of hydrogen-bond donors (Lipinski definition) is 2. The molecular formula is C13H18N4O2. The smallest absolute Gasteiger partial charge is 0.146 e. The normalized spacial score (nSPS) is 28.9. The molecule has 3 heterocycles. The molecular weight excluding hydrogens is 244 g/mol. The van der Waals surface area contributed by atoms with E-state index >= 15 is 0 Å². The lowest BCUT2D eigenvalue weighted by molar-refractivity contribution is 0.00681. The molecule has 1 saturated heterocycles. The fourth-order valence-corrected chi connectivity index (χ4v) is 2.72. The minimum atomic E-state index is -0.469. The number of anilines is 1. The Kier molecular flexibility index (Phi) is 2.72. The molecule has 3 atom stereocenters. The van der Waals surface area contributed by atoms with Crippen LogP contribution in [0, 0.1) is 0 Å². The van der Waals surface area contributed by atoms with E-state index in [1.54, 1.807) is 6.92 Å². The van der Waals surface area contributed by atoms with Crippen LogP contribution in [0.3, 0.4) is 0 Å². The van der Waals surface area contributed by atoms with E-state index in [1.165, 1.54) is 6.33 Å². The minimum absolute atomic E-state index is 0.137. The number of hydrogen-bond acceptors (Lipinski definition) is 5. The van der Waals surface area contributed by atoms with Crippen molar-refractivity contribution in [2.75, 3.05) is 12.3 Å². The number of nitrogens with two attached hydrogens (primary N) is 1. The second-order valence-electron chi connectivity index (χ2n) is 5.47. The van der Waals surface area contributed by atoms with Crippen molar-refractivity contribution >= 4 is 16.9 Å². The number of aromatic nitrogens is 3. The quantitative estimate of drug-likeness (QED) is 0.839. The predicted octanol–water partition coefficient (Wildman–Crippen LogP) is 0.898. The van der Waals surface area contributed by atoms with Crippen LogP contribution in [0.15, 0.2) is 18.6 Å². The van der Waals surface area contributed by atoms with Gasteiger partial charge in [-0.3, -0.25) is 0 Å². The lowest BCUT2D eigenvalue weighted by Crippen LogP contribution is -2.31. The zero-order valence-electron chi connectivity index (χ0n) is 11.1. The zero-order chi connectivity index (χ0) is 13.6. The van der Waals surface area contributed by atoms with Gasteiger partial charge in [0.2, 0.25) is 0 Å². The Labute approximate surface area is 111 Å². The molecule has 19 heavy (non-hydrogen) atoms. The van der Waals surface area contributed by atoms with Crippen LogP contribution in [0.4, 0.5) is 5.82 Å². The van der Waals surface area contributed by atoms with E-state index in [-0.39, 0.29) is 11.6 Å². The third-order valence-electron chi connectivity index (χ3n) is 3.88. The van der Waals surface area contributed by atoms with Gasteiger partial charge in [0.25, 0.3) is 0 Å². The SMILES string of the molecule is CC(O)C1CC(C)(n2ccc3c(N)ncnc32)CO1. The van der Waals surface area contributed by atoms with Gasteiger partial charge in [-0.2, -0.15) is 0 Å². The molecule has 1 aliphatic rings. The Morgan fingerprint density at radius 3 is 3.05 bits per heavy atom. The van der Waals surface area contributed by atoms with E-state index in [2.05, 4.69) is 21.5 Å². The van der Waals surface area contributed by atoms with Gasteiger partial charge in [-0.15, -0.1) is 0 Å². The van der Waals surface area contributed by atoms with Crippen LogP contribution in [-0.2, 0) is 10.3 Å². The molecule has 0 saturated carbocycles. The first-order valence-electron chi connectivity index (χ1n) is 6.39. The van der Waals surface area contributed by atoms with Gasteiger partial charge in [0.05, 0.1) is 29.7 Å². The largest absolute Gasteiger partial charge is 0.391 e. The van der Waals surface area contributed by atoms with E-state index in [0.29, 0.717) is 12.4 Å². The number of nitrogens with zero attached hydrogens (tertiary/aromatic N) is 3. The summed E-state index contributed by atoms with van der Waals surface area (Å²) >= 11 is 0. The van der Waals surface area contributed by atoms with Gasteiger partial charge in [-0.25, -0.2) is 9.97 Å². The van der Waals surface area contributed by atoms with Gasteiger partial charge >= 0.3 is 0 Å². The summed E-state index contributed by atoms with van der Waals surface area (Å²) in [7, 11) is 0. The van der Waals surface area contributed by atoms with Crippen LogP contribution < -0.4 is 5.73 Å². The van der Waals surface area contributed by atoms with Crippen molar-refractivity contribution in [3.05, 3.63) is 18.6 Å². The summed E-state index contributed by atoms with van der Waals surface area (Å²) in [6.07, 6.45) is 3.58. The van der Waals surface area contributed by atoms with E-state index < -0.39 is 6.10 Å². The molecule has 6 nitrogen and oxygen atoms in total. The molecule has 3 unspecified atom stereocenters. The van der Waals surface area contributed by atoms with Gasteiger partial charge in [-0.1, -0.05) is 0 Å². The van der Waals surface area contributed by atoms with Crippen LogP contribution in [0.2, 0.25) is 0 Å². The zero-order valence-corrected chi connectivity index (χ0v) is 11.1. The molecule has 2 aromatic rings. The van der Waals surface area contributed by atoms with Crippen LogP contribution >= 0.6 is 0 Å². The molecule has 2 aromatic heterocycles. The average molecular weight is 262 g/mol. The molecule has 0 aromatic carbocycles. The molecule has 0 spiro atoms. The Morgan fingerprint density at radius 2 is 2.37 bits per heavy atom. The minimum Gasteiger partial charge on any atom is -0.391 e. The average Bonchev–Trinajstić information content (AvgIpc) is 2.94. The summed E-state index contributed by atoms with van der Waals surface area (Å²) in [5.74, 6) is 0.485. The molecule has 0 bridgehead atoms. The Bertz CT molecular complexity index is 610. The van der Waals surface area contributed by atoms with Crippen molar-refractivity contribution in [2.24, 2.45) is 0 Å². The second kappa shape index (κ2) is 4.18. The van der Waals surface area contributed by atoms with E-state index in [1.807, 2.05) is 12.3 Å². The maximum absolute atomic E-state index is 9.66. The van der Waals surface area contributed by atoms with Crippen molar-refractivity contribution < 1.29 is 9.84 Å². The molecule has 3 rings (SSSR count). The summed E-state index contributed by atoms with van der Waals surface area (Å²) in [4.78, 5) is 8.31. The first-order valence-corrected chi connectivity index (χ1v) is 6.39. The molecule has 0 aliphatic carbocycles. The maximum atomic E-state index is 9.66. The van der Waals surface area contributed by atoms with Crippen molar-refractivity contribution in [1.82, 2.24) is 14.5 Å². The molecule has 6 heteroatoms. The number of fused-ring (bicyclic) bond motifs is 1. The van der Waals surface area contributed by atoms with Crippen molar-refractivity contribution in [3.63, 3.8) is 0 Å². The van der Waals surface area contributed by atoms with E-state index in [4.69, 9.17) is 10.5 Å². The van der Waals surface area contributed by atoms with Crippen LogP contribution in [0.25, 0.3) is 11.0 Å². The fraction of sp³-hybridized carbons (Fsp3) is 0.538. The van der Waals surface area contributed by atoms with E-state index in [9.17, 15) is 5.11 Å². The summed E-state index contributed by atoms with van der Waals surface area (Å²) in [5.41, 5.74) is 6.44. The Balaban J connectivity index is 2.03. The summed E-state index contributed by atoms with van der Waals surface area (Å²) in [6, 6.07) is 1.92. The summed E-state index contributed by atoms with van der Waals surface area (Å²) in [5, 5.41) is 10.5. The standard InChI is InChI=1S/C13H18N4O2/c1-8(18)10-5-13(2,6-19-10)17-4-3-9-11(14)15-7-16-12(9)17/h3-4,7-8,10,18H,5-6H2,1-2H3,(H2,14,15,16). The highest BCUT2D eigenvalue weighted by Gasteiger charge is 2.40. The monoisotopic (exact) mass is 262 g/mol. The molecule has 1 aliphatic heterocycles. The number of ether oxygens (including phenoxy) is 1. The van der Waals surface area contributed by atoms with E-state index in [0.717, 1.165) is 17.5 Å². The summed E-state index contributed by atoms with van der Waals surface area (Å²) < 4.78 is 7.76. The molecule has 102 valence electrons. The first kappa shape index (κ1) is 12.4. The molecule has 0 amide bonds. The number of rotatable bonds is 2. The topological polar surface area (TPSA) is 86.2 Å². The number of aliphatic hydroxyl groups excluding tert-OH is 1. The lowest BCUT2D eigenvalue weighted by atomic mass is 9.96. The van der Waals surface area contributed by atoms with Crippen molar-refractivity contribution in [2.45, 2.75) is 38.0 Å². The van der Waals surface area contributed by atoms with Crippen molar-refractivity contribution in [3.8, 4) is 0 Å². The highest BCUT2D eigenvalue weighted by Crippen LogP contribution is 2.35. The fourth-order valence-electron chi connectivity index (χ4n) is 2.72. The van der Waals surface area contributed by atoms with Crippen LogP contribution in [-0.4, -0.2) is 38.5 Å². The van der Waals surface area contributed by atoms with Gasteiger partial charge in [-0.05, 0) is 19.9 Å². The molecule has 0 radical (unpaired) electrons. The Hall–Kier alpha value is -1.66.